The second-order valence-corrected chi connectivity index (χ2v) is 12.3. The van der Waals surface area contributed by atoms with Gasteiger partial charge in [-0.15, -0.1) is 0 Å². The Morgan fingerprint density at radius 1 is 1.12 bits per heavy atom. The Labute approximate surface area is 193 Å². The number of methoxy groups -OCH3 is 1. The van der Waals surface area contributed by atoms with Crippen LogP contribution in [0, 0.1) is 46.3 Å². The molecule has 0 aromatic rings. The second-order valence-electron chi connectivity index (χ2n) is 12.3. The lowest BCUT2D eigenvalue weighted by atomic mass is 9.43. The molecular formula is C26H43N3O3. The van der Waals surface area contributed by atoms with Crippen LogP contribution >= 0.6 is 0 Å². The maximum absolute atomic E-state index is 11.7. The molecule has 0 aromatic heterocycles. The molecule has 4 aliphatic carbocycles. The number of carbonyl (C=O) groups excluding carboxylic acids is 1. The van der Waals surface area contributed by atoms with Gasteiger partial charge in [0, 0.05) is 11.3 Å². The Morgan fingerprint density at radius 3 is 2.59 bits per heavy atom. The molecule has 0 bridgehead atoms. The first-order chi connectivity index (χ1) is 15.2. The number of fused-ring (bicyclic) bond motifs is 5. The number of hydrogen-bond acceptors (Lipinski definition) is 4. The van der Waals surface area contributed by atoms with Crippen molar-refractivity contribution in [3.05, 3.63) is 10.4 Å². The number of rotatable bonds is 6. The smallest absolute Gasteiger partial charge is 0.305 e. The van der Waals surface area contributed by atoms with Crippen molar-refractivity contribution in [2.75, 3.05) is 13.7 Å². The average molecular weight is 446 g/mol. The molecule has 4 rings (SSSR count). The van der Waals surface area contributed by atoms with Gasteiger partial charge in [0.15, 0.2) is 0 Å². The van der Waals surface area contributed by atoms with Crippen molar-refractivity contribution in [1.29, 1.82) is 0 Å². The van der Waals surface area contributed by atoms with Gasteiger partial charge in [0.05, 0.1) is 19.3 Å². The third-order valence-electron chi connectivity index (χ3n) is 11.0. The summed E-state index contributed by atoms with van der Waals surface area (Å²) in [7, 11) is 1.49. The van der Waals surface area contributed by atoms with Crippen molar-refractivity contribution in [3.63, 3.8) is 0 Å². The molecule has 32 heavy (non-hydrogen) atoms. The van der Waals surface area contributed by atoms with E-state index in [9.17, 15) is 9.90 Å². The summed E-state index contributed by atoms with van der Waals surface area (Å²) in [6.45, 7) is 7.65. The number of carbonyl (C=O) groups is 1. The van der Waals surface area contributed by atoms with Gasteiger partial charge in [-0.3, -0.25) is 4.79 Å². The van der Waals surface area contributed by atoms with Gasteiger partial charge in [-0.05, 0) is 116 Å². The molecule has 0 aliphatic heterocycles. The number of aliphatic hydroxyl groups is 1. The lowest BCUT2D eigenvalue weighted by molar-refractivity contribution is -0.150. The summed E-state index contributed by atoms with van der Waals surface area (Å²) < 4.78 is 4.88. The van der Waals surface area contributed by atoms with E-state index in [-0.39, 0.29) is 12.5 Å². The highest BCUT2D eigenvalue weighted by molar-refractivity contribution is 5.69. The first-order valence-electron chi connectivity index (χ1n) is 13.0. The predicted molar refractivity (Wildman–Crippen MR) is 125 cm³/mol. The van der Waals surface area contributed by atoms with Gasteiger partial charge < -0.3 is 9.84 Å². The maximum atomic E-state index is 11.7. The van der Waals surface area contributed by atoms with Gasteiger partial charge in [0.2, 0.25) is 0 Å². The Morgan fingerprint density at radius 2 is 1.88 bits per heavy atom. The third kappa shape index (κ3) is 3.96. The summed E-state index contributed by atoms with van der Waals surface area (Å²) >= 11 is 0. The van der Waals surface area contributed by atoms with Crippen LogP contribution in [0.3, 0.4) is 0 Å². The van der Waals surface area contributed by atoms with Crippen LogP contribution in [0.2, 0.25) is 0 Å². The topological polar surface area (TPSA) is 95.3 Å². The highest BCUT2D eigenvalue weighted by atomic mass is 16.5. The van der Waals surface area contributed by atoms with E-state index in [2.05, 4.69) is 30.8 Å². The Bertz CT molecular complexity index is 767. The van der Waals surface area contributed by atoms with E-state index >= 15 is 0 Å². The van der Waals surface area contributed by atoms with E-state index in [0.717, 1.165) is 43.4 Å². The predicted octanol–water partition coefficient (Wildman–Crippen LogP) is 6.28. The summed E-state index contributed by atoms with van der Waals surface area (Å²) in [6, 6.07) is 0. The fourth-order valence-corrected chi connectivity index (χ4v) is 9.25. The summed E-state index contributed by atoms with van der Waals surface area (Å²) in [4.78, 5) is 14.6. The van der Waals surface area contributed by atoms with Crippen molar-refractivity contribution < 1.29 is 14.6 Å². The molecule has 4 unspecified atom stereocenters. The standard InChI is InChI=1S/C26H43N3O3/c1-17(5-10-23(30)32-4)20-8-9-21-19-7-6-18-15-26(31,16-28-29-27)14-13-24(18,2)22(19)11-12-25(20,21)3/h17-22,31H,5-16H2,1-4H3/t17-,18-,19+,20?,21+,22?,24?,25?,26+/m1/s1. The maximum Gasteiger partial charge on any atom is 0.305 e. The molecular weight excluding hydrogens is 402 g/mol. The first-order valence-corrected chi connectivity index (χ1v) is 13.0. The lowest BCUT2D eigenvalue weighted by Crippen LogP contribution is -2.56. The van der Waals surface area contributed by atoms with Crippen LogP contribution in [0.4, 0.5) is 0 Å². The Hall–Kier alpha value is -1.26. The Balaban J connectivity index is 1.47. The number of nitrogens with zero attached hydrogens (tertiary/aromatic N) is 3. The first kappa shape index (κ1) is 23.9. The van der Waals surface area contributed by atoms with Crippen molar-refractivity contribution in [2.45, 2.75) is 97.0 Å². The summed E-state index contributed by atoms with van der Waals surface area (Å²) in [5.41, 5.74) is 8.62. The molecule has 9 atom stereocenters. The van der Waals surface area contributed by atoms with Gasteiger partial charge in [-0.25, -0.2) is 0 Å². The monoisotopic (exact) mass is 445 g/mol. The fourth-order valence-electron chi connectivity index (χ4n) is 9.25. The van der Waals surface area contributed by atoms with E-state index in [1.807, 2.05) is 0 Å². The molecule has 0 heterocycles. The third-order valence-corrected chi connectivity index (χ3v) is 11.0. The number of esters is 1. The van der Waals surface area contributed by atoms with E-state index in [4.69, 9.17) is 10.3 Å². The number of ether oxygens (including phenoxy) is 1. The van der Waals surface area contributed by atoms with Crippen LogP contribution in [-0.2, 0) is 9.53 Å². The zero-order chi connectivity index (χ0) is 23.1. The van der Waals surface area contributed by atoms with E-state index in [1.54, 1.807) is 0 Å². The number of azide groups is 1. The molecule has 0 spiro atoms. The zero-order valence-electron chi connectivity index (χ0n) is 20.6. The van der Waals surface area contributed by atoms with Crippen LogP contribution in [0.5, 0.6) is 0 Å². The minimum atomic E-state index is -0.806. The van der Waals surface area contributed by atoms with E-state index in [0.29, 0.717) is 35.0 Å². The molecule has 0 saturated heterocycles. The molecule has 1 N–H and O–H groups in total. The normalized spacial score (nSPS) is 46.2. The summed E-state index contributed by atoms with van der Waals surface area (Å²) in [6.07, 6.45) is 11.8. The van der Waals surface area contributed by atoms with Crippen LogP contribution in [0.25, 0.3) is 10.4 Å². The fraction of sp³-hybridized carbons (Fsp3) is 0.962. The highest BCUT2D eigenvalue weighted by Gasteiger charge is 2.61. The van der Waals surface area contributed by atoms with E-state index in [1.165, 1.54) is 45.6 Å². The van der Waals surface area contributed by atoms with Gasteiger partial charge >= 0.3 is 5.97 Å². The number of hydrogen-bond donors (Lipinski definition) is 1. The molecule has 0 radical (unpaired) electrons. The molecule has 6 heteroatoms. The van der Waals surface area contributed by atoms with Gasteiger partial charge in [-0.2, -0.15) is 0 Å². The van der Waals surface area contributed by atoms with Crippen LogP contribution in [0.15, 0.2) is 5.11 Å². The molecule has 180 valence electrons. The van der Waals surface area contributed by atoms with Gasteiger partial charge in [0.1, 0.15) is 0 Å². The molecule has 0 aromatic carbocycles. The molecule has 4 fully saturated rings. The molecule has 4 saturated carbocycles. The lowest BCUT2D eigenvalue weighted by Gasteiger charge is -2.62. The van der Waals surface area contributed by atoms with Crippen molar-refractivity contribution in [1.82, 2.24) is 0 Å². The second kappa shape index (κ2) is 8.83. The SMILES string of the molecule is COC(=O)CC[C@@H](C)C1CC[C@H]2[C@@H]3CC[C@@H]4C[C@](O)(CN=[N+]=[N-])CCC4(C)C3CCC12C. The minimum absolute atomic E-state index is 0.0794. The average Bonchev–Trinajstić information content (AvgIpc) is 3.14. The van der Waals surface area contributed by atoms with Crippen LogP contribution < -0.4 is 0 Å². The zero-order valence-corrected chi connectivity index (χ0v) is 20.6. The molecule has 0 amide bonds. The minimum Gasteiger partial charge on any atom is -0.469 e. The largest absolute Gasteiger partial charge is 0.469 e. The van der Waals surface area contributed by atoms with Crippen molar-refractivity contribution >= 4 is 5.97 Å². The Kier molecular flexibility index (Phi) is 6.59. The van der Waals surface area contributed by atoms with Gasteiger partial charge in [0.25, 0.3) is 0 Å². The molecule has 6 nitrogen and oxygen atoms in total. The van der Waals surface area contributed by atoms with E-state index < -0.39 is 5.60 Å². The van der Waals surface area contributed by atoms with Gasteiger partial charge in [-0.1, -0.05) is 25.9 Å². The van der Waals surface area contributed by atoms with Crippen LogP contribution in [-0.4, -0.2) is 30.3 Å². The summed E-state index contributed by atoms with van der Waals surface area (Å²) in [5, 5.41) is 14.8. The molecule has 4 aliphatic rings. The quantitative estimate of drug-likeness (QED) is 0.226. The summed E-state index contributed by atoms with van der Waals surface area (Å²) in [5.74, 6) is 4.10. The van der Waals surface area contributed by atoms with Crippen molar-refractivity contribution in [2.24, 2.45) is 51.5 Å². The highest BCUT2D eigenvalue weighted by Crippen LogP contribution is 2.68. The van der Waals surface area contributed by atoms with Crippen LogP contribution in [0.1, 0.15) is 91.4 Å². The van der Waals surface area contributed by atoms with Crippen molar-refractivity contribution in [3.8, 4) is 0 Å².